The van der Waals surface area contributed by atoms with E-state index in [9.17, 15) is 0 Å². The van der Waals surface area contributed by atoms with Crippen LogP contribution in [0.25, 0.3) is 0 Å². The molecular formula is C14H23N5O. The number of aryl methyl sites for hydroxylation is 1. The van der Waals surface area contributed by atoms with Crippen LogP contribution >= 0.6 is 0 Å². The van der Waals surface area contributed by atoms with Gasteiger partial charge in [0.1, 0.15) is 0 Å². The van der Waals surface area contributed by atoms with Crippen LogP contribution in [0.5, 0.6) is 0 Å². The monoisotopic (exact) mass is 277 g/mol. The highest BCUT2D eigenvalue weighted by Crippen LogP contribution is 2.18. The van der Waals surface area contributed by atoms with Crippen LogP contribution in [0.15, 0.2) is 24.7 Å². The summed E-state index contributed by atoms with van der Waals surface area (Å²) in [5, 5.41) is 7.64. The van der Waals surface area contributed by atoms with Crippen LogP contribution in [0.4, 0.5) is 5.95 Å². The lowest BCUT2D eigenvalue weighted by Gasteiger charge is -2.19. The zero-order valence-electron chi connectivity index (χ0n) is 12.6. The van der Waals surface area contributed by atoms with Gasteiger partial charge in [-0.05, 0) is 26.8 Å². The van der Waals surface area contributed by atoms with Crippen LogP contribution in [0, 0.1) is 6.92 Å². The van der Waals surface area contributed by atoms with E-state index in [2.05, 4.69) is 40.0 Å². The fourth-order valence-electron chi connectivity index (χ4n) is 2.24. The third kappa shape index (κ3) is 3.60. The number of anilines is 1. The summed E-state index contributed by atoms with van der Waals surface area (Å²) in [4.78, 5) is 4.55. The van der Waals surface area contributed by atoms with Crippen LogP contribution < -0.4 is 5.32 Å². The van der Waals surface area contributed by atoms with E-state index in [1.54, 1.807) is 13.3 Å². The highest BCUT2D eigenvalue weighted by Gasteiger charge is 2.14. The van der Waals surface area contributed by atoms with Gasteiger partial charge in [-0.15, -0.1) is 0 Å². The van der Waals surface area contributed by atoms with Crippen LogP contribution in [0.3, 0.4) is 0 Å². The Balaban J connectivity index is 2.10. The van der Waals surface area contributed by atoms with Gasteiger partial charge < -0.3 is 14.6 Å². The maximum Gasteiger partial charge on any atom is 0.203 e. The Kier molecular flexibility index (Phi) is 4.79. The summed E-state index contributed by atoms with van der Waals surface area (Å²) in [7, 11) is 1.70. The van der Waals surface area contributed by atoms with Gasteiger partial charge in [-0.3, -0.25) is 4.68 Å². The molecule has 0 spiro atoms. The number of nitrogens with one attached hydrogen (secondary N) is 1. The molecule has 0 aliphatic heterocycles. The SMILES string of the molecule is COCC(C)Nc1nc(C)cn1C(C)Cn1cccn1. The Labute approximate surface area is 119 Å². The normalized spacial score (nSPS) is 14.2. The molecule has 0 aliphatic carbocycles. The maximum absolute atomic E-state index is 5.15. The summed E-state index contributed by atoms with van der Waals surface area (Å²) in [6.07, 6.45) is 5.84. The number of nitrogens with zero attached hydrogens (tertiary/aromatic N) is 4. The topological polar surface area (TPSA) is 56.9 Å². The summed E-state index contributed by atoms with van der Waals surface area (Å²) in [5.41, 5.74) is 1.00. The summed E-state index contributed by atoms with van der Waals surface area (Å²) in [5.74, 6) is 0.881. The average Bonchev–Trinajstić information content (AvgIpc) is 2.99. The molecule has 0 amide bonds. The van der Waals surface area contributed by atoms with Crippen molar-refractivity contribution < 1.29 is 4.74 Å². The molecule has 20 heavy (non-hydrogen) atoms. The second kappa shape index (κ2) is 6.56. The molecule has 0 saturated heterocycles. The largest absolute Gasteiger partial charge is 0.383 e. The van der Waals surface area contributed by atoms with E-state index in [1.807, 2.05) is 23.9 Å². The summed E-state index contributed by atoms with van der Waals surface area (Å²) in [6.45, 7) is 7.71. The van der Waals surface area contributed by atoms with E-state index < -0.39 is 0 Å². The van der Waals surface area contributed by atoms with E-state index in [1.165, 1.54) is 0 Å². The van der Waals surface area contributed by atoms with Crippen LogP contribution in [-0.4, -0.2) is 39.1 Å². The number of hydrogen-bond acceptors (Lipinski definition) is 4. The molecule has 0 aromatic carbocycles. The molecule has 2 atom stereocenters. The number of hydrogen-bond donors (Lipinski definition) is 1. The van der Waals surface area contributed by atoms with Crippen LogP contribution in [-0.2, 0) is 11.3 Å². The summed E-state index contributed by atoms with van der Waals surface area (Å²) < 4.78 is 9.24. The van der Waals surface area contributed by atoms with Gasteiger partial charge in [0.15, 0.2) is 0 Å². The van der Waals surface area contributed by atoms with E-state index in [0.29, 0.717) is 6.61 Å². The Morgan fingerprint density at radius 1 is 1.40 bits per heavy atom. The van der Waals surface area contributed by atoms with Crippen molar-refractivity contribution >= 4 is 5.95 Å². The van der Waals surface area contributed by atoms with Gasteiger partial charge in [0, 0.05) is 31.7 Å². The minimum Gasteiger partial charge on any atom is -0.383 e. The Bertz CT molecular complexity index is 520. The molecule has 0 saturated carbocycles. The number of methoxy groups -OCH3 is 1. The fourth-order valence-corrected chi connectivity index (χ4v) is 2.24. The number of aromatic nitrogens is 4. The number of ether oxygens (including phenoxy) is 1. The van der Waals surface area contributed by atoms with Crippen molar-refractivity contribution in [3.05, 3.63) is 30.4 Å². The lowest BCUT2D eigenvalue weighted by molar-refractivity contribution is 0.190. The lowest BCUT2D eigenvalue weighted by atomic mass is 10.3. The number of imidazole rings is 1. The van der Waals surface area contributed by atoms with Gasteiger partial charge in [-0.25, -0.2) is 4.98 Å². The molecule has 2 rings (SSSR count). The minimum absolute atomic E-state index is 0.220. The standard InChI is InChI=1S/C14H23N5O/c1-11-8-19(13(3)9-18-7-5-6-15-18)14(16-11)17-12(2)10-20-4/h5-8,12-13H,9-10H2,1-4H3,(H,16,17). The third-order valence-corrected chi connectivity index (χ3v) is 3.13. The molecule has 0 bridgehead atoms. The maximum atomic E-state index is 5.15. The van der Waals surface area contributed by atoms with E-state index in [0.717, 1.165) is 18.2 Å². The first kappa shape index (κ1) is 14.6. The highest BCUT2D eigenvalue weighted by molar-refractivity contribution is 5.30. The van der Waals surface area contributed by atoms with Gasteiger partial charge in [0.05, 0.1) is 24.9 Å². The molecule has 6 heteroatoms. The van der Waals surface area contributed by atoms with Gasteiger partial charge in [0.2, 0.25) is 5.95 Å². The molecule has 0 aliphatic rings. The Morgan fingerprint density at radius 3 is 2.85 bits per heavy atom. The molecular weight excluding hydrogens is 254 g/mol. The van der Waals surface area contributed by atoms with E-state index >= 15 is 0 Å². The molecule has 0 radical (unpaired) electrons. The van der Waals surface area contributed by atoms with Gasteiger partial charge in [-0.1, -0.05) is 0 Å². The highest BCUT2D eigenvalue weighted by atomic mass is 16.5. The first-order valence-corrected chi connectivity index (χ1v) is 6.88. The first-order valence-electron chi connectivity index (χ1n) is 6.88. The average molecular weight is 277 g/mol. The quantitative estimate of drug-likeness (QED) is 0.842. The van der Waals surface area contributed by atoms with Crippen molar-refractivity contribution in [2.45, 2.75) is 39.4 Å². The minimum atomic E-state index is 0.220. The van der Waals surface area contributed by atoms with Gasteiger partial charge >= 0.3 is 0 Å². The molecule has 2 unspecified atom stereocenters. The van der Waals surface area contributed by atoms with E-state index in [-0.39, 0.29) is 12.1 Å². The molecule has 2 aromatic rings. The second-order valence-corrected chi connectivity index (χ2v) is 5.19. The molecule has 110 valence electrons. The lowest BCUT2D eigenvalue weighted by Crippen LogP contribution is -2.24. The zero-order chi connectivity index (χ0) is 14.5. The Morgan fingerprint density at radius 2 is 2.20 bits per heavy atom. The van der Waals surface area contributed by atoms with Crippen molar-refractivity contribution in [2.75, 3.05) is 19.0 Å². The smallest absolute Gasteiger partial charge is 0.203 e. The van der Waals surface area contributed by atoms with E-state index in [4.69, 9.17) is 4.74 Å². The van der Waals surface area contributed by atoms with Crippen molar-refractivity contribution in [3.63, 3.8) is 0 Å². The van der Waals surface area contributed by atoms with Crippen LogP contribution in [0.1, 0.15) is 25.6 Å². The molecule has 0 fully saturated rings. The van der Waals surface area contributed by atoms with Gasteiger partial charge in [0.25, 0.3) is 0 Å². The molecule has 1 N–H and O–H groups in total. The molecule has 2 aromatic heterocycles. The summed E-state index contributed by atoms with van der Waals surface area (Å²) in [6, 6.07) is 2.43. The Hall–Kier alpha value is -1.82. The predicted octanol–water partition coefficient (Wildman–Crippen LogP) is 2.10. The van der Waals surface area contributed by atoms with Crippen molar-refractivity contribution in [1.29, 1.82) is 0 Å². The van der Waals surface area contributed by atoms with Crippen molar-refractivity contribution in [1.82, 2.24) is 19.3 Å². The van der Waals surface area contributed by atoms with Crippen LogP contribution in [0.2, 0.25) is 0 Å². The third-order valence-electron chi connectivity index (χ3n) is 3.13. The summed E-state index contributed by atoms with van der Waals surface area (Å²) >= 11 is 0. The zero-order valence-corrected chi connectivity index (χ0v) is 12.6. The fraction of sp³-hybridized carbons (Fsp3) is 0.571. The number of rotatable bonds is 7. The first-order chi connectivity index (χ1) is 9.60. The second-order valence-electron chi connectivity index (χ2n) is 5.19. The molecule has 2 heterocycles. The van der Waals surface area contributed by atoms with Gasteiger partial charge in [-0.2, -0.15) is 5.10 Å². The predicted molar refractivity (Wildman–Crippen MR) is 78.9 cm³/mol. The molecule has 6 nitrogen and oxygen atoms in total. The van der Waals surface area contributed by atoms with Crippen molar-refractivity contribution in [2.24, 2.45) is 0 Å². The van der Waals surface area contributed by atoms with Crippen molar-refractivity contribution in [3.8, 4) is 0 Å².